The van der Waals surface area contributed by atoms with Crippen molar-refractivity contribution in [1.29, 1.82) is 0 Å². The van der Waals surface area contributed by atoms with E-state index in [4.69, 9.17) is 4.74 Å². The molecule has 112 valence electrons. The van der Waals surface area contributed by atoms with Gasteiger partial charge in [-0.15, -0.1) is 5.10 Å². The third kappa shape index (κ3) is 2.11. The maximum absolute atomic E-state index is 11.5. The highest BCUT2D eigenvalue weighted by molar-refractivity contribution is 5.93. The quantitative estimate of drug-likeness (QED) is 0.830. The van der Waals surface area contributed by atoms with Crippen LogP contribution in [0.4, 0.5) is 0 Å². The Labute approximate surface area is 126 Å². The van der Waals surface area contributed by atoms with Crippen LogP contribution >= 0.6 is 0 Å². The van der Waals surface area contributed by atoms with Gasteiger partial charge in [0, 0.05) is 19.1 Å². The molecule has 1 aliphatic rings. The van der Waals surface area contributed by atoms with E-state index in [1.54, 1.807) is 0 Å². The van der Waals surface area contributed by atoms with Gasteiger partial charge in [-0.1, -0.05) is 30.3 Å². The first-order chi connectivity index (χ1) is 10.7. The van der Waals surface area contributed by atoms with Crippen LogP contribution in [0.2, 0.25) is 0 Å². The van der Waals surface area contributed by atoms with Gasteiger partial charge in [0.15, 0.2) is 11.4 Å². The van der Waals surface area contributed by atoms with E-state index < -0.39 is 5.60 Å². The van der Waals surface area contributed by atoms with Gasteiger partial charge < -0.3 is 9.84 Å². The van der Waals surface area contributed by atoms with E-state index in [-0.39, 0.29) is 18.0 Å². The van der Waals surface area contributed by atoms with E-state index in [2.05, 4.69) is 20.6 Å². The Morgan fingerprint density at radius 1 is 1.36 bits per heavy atom. The highest BCUT2D eigenvalue weighted by Crippen LogP contribution is 2.42. The van der Waals surface area contributed by atoms with Crippen LogP contribution in [0.15, 0.2) is 47.7 Å². The highest BCUT2D eigenvalue weighted by Gasteiger charge is 2.44. The smallest absolute Gasteiger partial charge is 0.189 e. The summed E-state index contributed by atoms with van der Waals surface area (Å²) >= 11 is 0. The maximum atomic E-state index is 11.5. The second-order valence-electron chi connectivity index (χ2n) is 4.91. The van der Waals surface area contributed by atoms with Crippen molar-refractivity contribution in [3.05, 3.63) is 59.1 Å². The molecular weight excluding hydrogens is 284 g/mol. The number of carbonyl (C=O) groups excluding carboxylic acids is 1. The van der Waals surface area contributed by atoms with E-state index in [1.807, 2.05) is 30.3 Å². The van der Waals surface area contributed by atoms with Crippen LogP contribution in [0.5, 0.6) is 0 Å². The Morgan fingerprint density at radius 3 is 2.73 bits per heavy atom. The summed E-state index contributed by atoms with van der Waals surface area (Å²) in [6.07, 6.45) is 2.42. The van der Waals surface area contributed by atoms with E-state index in [0.29, 0.717) is 11.1 Å². The summed E-state index contributed by atoms with van der Waals surface area (Å²) in [7, 11) is 1.43. The Hall–Kier alpha value is -2.80. The normalized spacial score (nSPS) is 21.6. The fourth-order valence-corrected chi connectivity index (χ4v) is 2.60. The van der Waals surface area contributed by atoms with Crippen molar-refractivity contribution >= 4 is 11.9 Å². The highest BCUT2D eigenvalue weighted by atomic mass is 16.5. The molecule has 0 radical (unpaired) electrons. The molecule has 2 aromatic rings. The number of hydrogen-bond donors (Lipinski definition) is 2. The van der Waals surface area contributed by atoms with E-state index >= 15 is 0 Å². The molecule has 3 rings (SSSR count). The minimum absolute atomic E-state index is 0.0574. The fraction of sp³-hybridized carbons (Fsp3) is 0.200. The number of methoxy groups -OCH3 is 1. The number of aldehydes is 1. The molecule has 0 saturated heterocycles. The summed E-state index contributed by atoms with van der Waals surface area (Å²) < 4.78 is 5.47. The minimum atomic E-state index is -1.28. The predicted octanol–water partition coefficient (Wildman–Crippen LogP) is 1.54. The molecule has 1 aliphatic carbocycles. The van der Waals surface area contributed by atoms with Gasteiger partial charge in [-0.05, 0) is 27.6 Å². The molecule has 1 atom stereocenters. The van der Waals surface area contributed by atoms with Crippen LogP contribution < -0.4 is 0 Å². The van der Waals surface area contributed by atoms with Crippen molar-refractivity contribution in [3.8, 4) is 0 Å². The van der Waals surface area contributed by atoms with Gasteiger partial charge in [-0.2, -0.15) is 0 Å². The van der Waals surface area contributed by atoms with Crippen LogP contribution in [0, 0.1) is 0 Å². The number of aromatic nitrogens is 4. The Morgan fingerprint density at radius 2 is 2.14 bits per heavy atom. The van der Waals surface area contributed by atoms with Gasteiger partial charge >= 0.3 is 0 Å². The lowest BCUT2D eigenvalue weighted by molar-refractivity contribution is -0.106. The average Bonchev–Trinajstić information content (AvgIpc) is 3.10. The van der Waals surface area contributed by atoms with Gasteiger partial charge in [0.2, 0.25) is 0 Å². The van der Waals surface area contributed by atoms with Crippen LogP contribution in [-0.2, 0) is 15.1 Å². The second kappa shape index (κ2) is 5.53. The van der Waals surface area contributed by atoms with Gasteiger partial charge in [0.05, 0.1) is 0 Å². The number of nitrogens with one attached hydrogen (secondary N) is 1. The molecule has 1 aromatic carbocycles. The molecule has 0 amide bonds. The molecule has 0 fully saturated rings. The zero-order chi connectivity index (χ0) is 15.6. The lowest BCUT2D eigenvalue weighted by Crippen LogP contribution is -2.35. The molecule has 0 spiro atoms. The number of aliphatic hydroxyl groups excluding tert-OH is 1. The van der Waals surface area contributed by atoms with Crippen molar-refractivity contribution in [2.75, 3.05) is 7.11 Å². The van der Waals surface area contributed by atoms with Crippen molar-refractivity contribution in [2.45, 2.75) is 12.0 Å². The summed E-state index contributed by atoms with van der Waals surface area (Å²) in [4.78, 5) is 11.5. The molecule has 0 bridgehead atoms. The molecular formula is C15H14N4O3. The first-order valence-corrected chi connectivity index (χ1v) is 6.65. The number of aromatic amines is 1. The number of rotatable bonds is 4. The number of H-pyrrole nitrogens is 1. The van der Waals surface area contributed by atoms with E-state index in [0.717, 1.165) is 11.8 Å². The zero-order valence-electron chi connectivity index (χ0n) is 11.9. The molecule has 2 N–H and O–H groups in total. The number of hydrogen-bond acceptors (Lipinski definition) is 6. The number of benzene rings is 1. The number of aliphatic hydroxyl groups is 1. The lowest BCUT2D eigenvalue weighted by Gasteiger charge is -2.32. The van der Waals surface area contributed by atoms with E-state index in [1.165, 1.54) is 13.2 Å². The monoisotopic (exact) mass is 298 g/mol. The molecule has 7 heteroatoms. The van der Waals surface area contributed by atoms with Crippen molar-refractivity contribution in [1.82, 2.24) is 20.6 Å². The minimum Gasteiger partial charge on any atom is -0.509 e. The molecule has 1 heterocycles. The van der Waals surface area contributed by atoms with Crippen LogP contribution in [0.25, 0.3) is 5.57 Å². The lowest BCUT2D eigenvalue weighted by atomic mass is 9.82. The summed E-state index contributed by atoms with van der Waals surface area (Å²) in [6, 6.07) is 9.37. The first-order valence-electron chi connectivity index (χ1n) is 6.65. The molecule has 0 saturated carbocycles. The predicted molar refractivity (Wildman–Crippen MR) is 77.6 cm³/mol. The zero-order valence-corrected chi connectivity index (χ0v) is 11.9. The third-order valence-corrected chi connectivity index (χ3v) is 3.78. The summed E-state index contributed by atoms with van der Waals surface area (Å²) in [5.74, 6) is 0.188. The van der Waals surface area contributed by atoms with Crippen molar-refractivity contribution in [2.24, 2.45) is 0 Å². The van der Waals surface area contributed by atoms with Crippen molar-refractivity contribution < 1.29 is 14.6 Å². The second-order valence-corrected chi connectivity index (χ2v) is 4.91. The topological polar surface area (TPSA) is 101 Å². The summed E-state index contributed by atoms with van der Waals surface area (Å²) in [6.45, 7) is 0. The standard InChI is InChI=1S/C15H14N4O3/c1-22-15(14-16-18-19-17-14)8-11(9-20)12(7-13(15)21)10-5-3-2-4-6-10/h2-7,9,21H,8H2,1H3,(H,16,17,18,19). The van der Waals surface area contributed by atoms with Gasteiger partial charge in [-0.3, -0.25) is 4.79 Å². The molecule has 1 aromatic heterocycles. The van der Waals surface area contributed by atoms with Gasteiger partial charge in [0.1, 0.15) is 12.0 Å². The summed E-state index contributed by atoms with van der Waals surface area (Å²) in [5, 5.41) is 23.9. The Bertz CT molecular complexity index is 737. The van der Waals surface area contributed by atoms with E-state index in [9.17, 15) is 9.90 Å². The van der Waals surface area contributed by atoms with Gasteiger partial charge in [0.25, 0.3) is 0 Å². The number of nitrogens with zero attached hydrogens (tertiary/aromatic N) is 3. The molecule has 0 aliphatic heterocycles. The van der Waals surface area contributed by atoms with Crippen LogP contribution in [0.1, 0.15) is 17.8 Å². The average molecular weight is 298 g/mol. The first kappa shape index (κ1) is 14.2. The maximum Gasteiger partial charge on any atom is 0.189 e. The van der Waals surface area contributed by atoms with Crippen LogP contribution in [-0.4, -0.2) is 39.1 Å². The number of tetrazole rings is 1. The molecule has 7 nitrogen and oxygen atoms in total. The number of allylic oxidation sites excluding steroid dienone is 2. The van der Waals surface area contributed by atoms with Crippen LogP contribution in [0.3, 0.4) is 0 Å². The fourth-order valence-electron chi connectivity index (χ4n) is 2.60. The number of carbonyl (C=O) groups is 1. The van der Waals surface area contributed by atoms with Gasteiger partial charge in [-0.25, -0.2) is 5.10 Å². The third-order valence-electron chi connectivity index (χ3n) is 3.78. The molecule has 1 unspecified atom stereocenters. The largest absolute Gasteiger partial charge is 0.509 e. The number of ether oxygens (including phenoxy) is 1. The molecule has 22 heavy (non-hydrogen) atoms. The van der Waals surface area contributed by atoms with Crippen molar-refractivity contribution in [3.63, 3.8) is 0 Å². The Balaban J connectivity index is 2.12. The Kier molecular flexibility index (Phi) is 3.56. The summed E-state index contributed by atoms with van der Waals surface area (Å²) in [5.41, 5.74) is 0.727. The SMILES string of the molecule is COC1(c2nnn[nH]2)CC(C=O)=C(c2ccccc2)C=C1O.